The number of urea groups is 1. The minimum absolute atomic E-state index is 0.0679. The monoisotopic (exact) mass is 451 g/mol. The molecule has 0 aliphatic carbocycles. The van der Waals surface area contributed by atoms with E-state index in [0.29, 0.717) is 23.9 Å². The lowest BCUT2D eigenvalue weighted by Gasteiger charge is -2.34. The molecule has 4 amide bonds. The highest BCUT2D eigenvalue weighted by Gasteiger charge is 2.52. The molecule has 1 aromatic heterocycles. The van der Waals surface area contributed by atoms with Crippen molar-refractivity contribution in [3.63, 3.8) is 0 Å². The van der Waals surface area contributed by atoms with Gasteiger partial charge in [-0.1, -0.05) is 0 Å². The lowest BCUT2D eigenvalue weighted by molar-refractivity contribution is -0.153. The molecule has 1 fully saturated rings. The molecule has 10 nitrogen and oxygen atoms in total. The number of aromatic nitrogens is 1. The topological polar surface area (TPSA) is 129 Å². The summed E-state index contributed by atoms with van der Waals surface area (Å²) in [6.07, 6.45) is 2.92. The molecule has 1 aliphatic heterocycles. The lowest BCUT2D eigenvalue weighted by atomic mass is 9.95. The number of carbonyl (C=O) groups excluding carboxylic acids is 3. The summed E-state index contributed by atoms with van der Waals surface area (Å²) in [6.45, 7) is 2.29. The third-order valence-electron chi connectivity index (χ3n) is 4.91. The molecule has 0 unspecified atom stereocenters. The van der Waals surface area contributed by atoms with Gasteiger partial charge in [-0.2, -0.15) is 0 Å². The number of benzene rings is 2. The van der Waals surface area contributed by atoms with E-state index in [0.717, 1.165) is 5.56 Å². The molecule has 4 rings (SSSR count). The molecule has 3 aromatic rings. The fourth-order valence-corrected chi connectivity index (χ4v) is 3.23. The van der Waals surface area contributed by atoms with E-state index in [9.17, 15) is 14.4 Å². The number of nitrogens with one attached hydrogen (secondary N) is 2. The molecular formula is C23H21N3O7. The van der Waals surface area contributed by atoms with Gasteiger partial charge in [0.05, 0.1) is 12.8 Å². The first-order valence-corrected chi connectivity index (χ1v) is 10.2. The quantitative estimate of drug-likeness (QED) is 0.375. The Labute approximate surface area is 188 Å². The zero-order chi connectivity index (χ0) is 23.3. The maximum atomic E-state index is 12.5. The van der Waals surface area contributed by atoms with Gasteiger partial charge >= 0.3 is 6.03 Å². The summed E-state index contributed by atoms with van der Waals surface area (Å²) in [5.41, 5.74) is -1.06. The van der Waals surface area contributed by atoms with E-state index in [1.807, 2.05) is 12.1 Å². The van der Waals surface area contributed by atoms with Crippen LogP contribution in [0.4, 0.5) is 4.79 Å². The number of hydrogen-bond acceptors (Lipinski definition) is 8. The Hall–Kier alpha value is -4.18. The summed E-state index contributed by atoms with van der Waals surface area (Å²) in [5.74, 6) is 0.333. The highest BCUT2D eigenvalue weighted by atomic mass is 16.5. The van der Waals surface area contributed by atoms with E-state index in [4.69, 9.17) is 18.6 Å². The average Bonchev–Trinajstić information content (AvgIpc) is 3.34. The van der Waals surface area contributed by atoms with Crippen molar-refractivity contribution in [1.82, 2.24) is 15.6 Å². The number of amides is 4. The van der Waals surface area contributed by atoms with E-state index in [1.165, 1.54) is 6.39 Å². The third kappa shape index (κ3) is 4.85. The van der Waals surface area contributed by atoms with Gasteiger partial charge in [-0.05, 0) is 55.5 Å². The second kappa shape index (κ2) is 9.53. The van der Waals surface area contributed by atoms with E-state index in [-0.39, 0.29) is 18.8 Å². The summed E-state index contributed by atoms with van der Waals surface area (Å²) in [4.78, 5) is 40.5. The van der Waals surface area contributed by atoms with Crippen LogP contribution in [0.3, 0.4) is 0 Å². The fourth-order valence-electron chi connectivity index (χ4n) is 3.23. The number of barbiturate groups is 1. The standard InChI is InChI=1S/C23H21N3O7/c1-2-30-12-11-23(20(27)25-22(29)26-21(23)28)33-18-9-7-17(8-10-18)32-16-5-3-15(4-6-16)19-13-24-14-31-19/h3-10,13-14H,2,11-12H2,1H3,(H2,25,26,27,28,29). The number of oxazole rings is 1. The minimum Gasteiger partial charge on any atom is -0.467 e. The molecule has 0 saturated carbocycles. The zero-order valence-electron chi connectivity index (χ0n) is 17.7. The summed E-state index contributed by atoms with van der Waals surface area (Å²) in [5, 5.41) is 4.16. The Morgan fingerprint density at radius 3 is 2.09 bits per heavy atom. The van der Waals surface area contributed by atoms with Gasteiger partial charge < -0.3 is 18.6 Å². The van der Waals surface area contributed by atoms with Gasteiger partial charge in [0.2, 0.25) is 0 Å². The maximum Gasteiger partial charge on any atom is 0.328 e. The molecular weight excluding hydrogens is 430 g/mol. The van der Waals surface area contributed by atoms with Crippen LogP contribution in [0.2, 0.25) is 0 Å². The second-order valence-corrected chi connectivity index (χ2v) is 7.08. The normalized spacial score (nSPS) is 15.0. The number of nitrogens with zero attached hydrogens (tertiary/aromatic N) is 1. The minimum atomic E-state index is -1.93. The highest BCUT2D eigenvalue weighted by Crippen LogP contribution is 2.29. The van der Waals surface area contributed by atoms with Gasteiger partial charge in [0.1, 0.15) is 17.2 Å². The van der Waals surface area contributed by atoms with Crippen molar-refractivity contribution < 1.29 is 33.0 Å². The first-order chi connectivity index (χ1) is 16.0. The molecule has 2 N–H and O–H groups in total. The lowest BCUT2D eigenvalue weighted by Crippen LogP contribution is -2.69. The van der Waals surface area contributed by atoms with Gasteiger partial charge in [-0.15, -0.1) is 0 Å². The Balaban J connectivity index is 1.46. The highest BCUT2D eigenvalue weighted by molar-refractivity contribution is 6.21. The molecule has 2 heterocycles. The Morgan fingerprint density at radius 2 is 1.52 bits per heavy atom. The second-order valence-electron chi connectivity index (χ2n) is 7.08. The zero-order valence-corrected chi connectivity index (χ0v) is 17.7. The van der Waals surface area contributed by atoms with Gasteiger partial charge in [0.15, 0.2) is 12.2 Å². The maximum absolute atomic E-state index is 12.5. The van der Waals surface area contributed by atoms with E-state index in [1.54, 1.807) is 49.5 Å². The Morgan fingerprint density at radius 1 is 0.909 bits per heavy atom. The molecule has 170 valence electrons. The van der Waals surface area contributed by atoms with Gasteiger partial charge in [-0.25, -0.2) is 9.78 Å². The van der Waals surface area contributed by atoms with E-state index < -0.39 is 23.4 Å². The Kier molecular flexibility index (Phi) is 6.36. The fraction of sp³-hybridized carbons (Fsp3) is 0.217. The summed E-state index contributed by atoms with van der Waals surface area (Å²) < 4.78 is 22.2. The number of carbonyl (C=O) groups is 3. The van der Waals surface area contributed by atoms with E-state index in [2.05, 4.69) is 15.6 Å². The number of rotatable bonds is 9. The van der Waals surface area contributed by atoms with Gasteiger partial charge in [-0.3, -0.25) is 20.2 Å². The number of hydrogen-bond donors (Lipinski definition) is 2. The molecule has 1 saturated heterocycles. The molecule has 0 bridgehead atoms. The van der Waals surface area contributed by atoms with Crippen LogP contribution in [0, 0.1) is 0 Å². The molecule has 10 heteroatoms. The van der Waals surface area contributed by atoms with Crippen LogP contribution in [-0.2, 0) is 14.3 Å². The predicted octanol–water partition coefficient (Wildman–Crippen LogP) is 3.04. The van der Waals surface area contributed by atoms with Crippen LogP contribution >= 0.6 is 0 Å². The first kappa shape index (κ1) is 22.0. The summed E-state index contributed by atoms with van der Waals surface area (Å²) >= 11 is 0. The van der Waals surface area contributed by atoms with Crippen molar-refractivity contribution >= 4 is 17.8 Å². The molecule has 0 radical (unpaired) electrons. The largest absolute Gasteiger partial charge is 0.467 e. The third-order valence-corrected chi connectivity index (χ3v) is 4.91. The van der Waals surface area contributed by atoms with Gasteiger partial charge in [0, 0.05) is 18.6 Å². The van der Waals surface area contributed by atoms with Crippen LogP contribution in [0.5, 0.6) is 17.2 Å². The number of imide groups is 2. The van der Waals surface area contributed by atoms with Crippen molar-refractivity contribution in [3.05, 3.63) is 61.1 Å². The summed E-state index contributed by atoms with van der Waals surface area (Å²) in [7, 11) is 0. The molecule has 2 aromatic carbocycles. The molecule has 33 heavy (non-hydrogen) atoms. The molecule has 0 atom stereocenters. The first-order valence-electron chi connectivity index (χ1n) is 10.2. The Bertz CT molecular complexity index is 1110. The molecule has 1 aliphatic rings. The predicted molar refractivity (Wildman–Crippen MR) is 115 cm³/mol. The smallest absolute Gasteiger partial charge is 0.328 e. The van der Waals surface area contributed by atoms with Crippen molar-refractivity contribution in [2.45, 2.75) is 18.9 Å². The van der Waals surface area contributed by atoms with Crippen LogP contribution < -0.4 is 20.1 Å². The van der Waals surface area contributed by atoms with Crippen molar-refractivity contribution in [3.8, 4) is 28.6 Å². The van der Waals surface area contributed by atoms with Crippen molar-refractivity contribution in [2.75, 3.05) is 13.2 Å². The SMILES string of the molecule is CCOCCC1(Oc2ccc(Oc3ccc(-c4cnco4)cc3)cc2)C(=O)NC(=O)NC1=O. The van der Waals surface area contributed by atoms with Crippen LogP contribution in [0.15, 0.2) is 65.5 Å². The van der Waals surface area contributed by atoms with Crippen molar-refractivity contribution in [2.24, 2.45) is 0 Å². The van der Waals surface area contributed by atoms with Crippen LogP contribution in [-0.4, -0.2) is 41.6 Å². The van der Waals surface area contributed by atoms with Crippen LogP contribution in [0.25, 0.3) is 11.3 Å². The average molecular weight is 451 g/mol. The number of ether oxygens (including phenoxy) is 3. The van der Waals surface area contributed by atoms with Gasteiger partial charge in [0.25, 0.3) is 17.4 Å². The molecule has 0 spiro atoms. The van der Waals surface area contributed by atoms with Crippen LogP contribution in [0.1, 0.15) is 13.3 Å². The summed E-state index contributed by atoms with van der Waals surface area (Å²) in [6, 6.07) is 12.8. The van der Waals surface area contributed by atoms with Crippen molar-refractivity contribution in [1.29, 1.82) is 0 Å². The van der Waals surface area contributed by atoms with E-state index >= 15 is 0 Å².